The van der Waals surface area contributed by atoms with E-state index in [2.05, 4.69) is 215 Å². The molecule has 9 aromatic carbocycles. The Morgan fingerprint density at radius 3 is 1.47 bits per heavy atom. The molecule has 0 unspecified atom stereocenters. The number of para-hydroxylation sites is 3. The molecule has 0 spiro atoms. The third-order valence-corrected chi connectivity index (χ3v) is 12.9. The molecule has 0 aliphatic rings. The van der Waals surface area contributed by atoms with Gasteiger partial charge in [-0.2, -0.15) is 0 Å². The molecule has 0 saturated carbocycles. The van der Waals surface area contributed by atoms with Gasteiger partial charge in [0.05, 0.1) is 22.1 Å². The van der Waals surface area contributed by atoms with Crippen LogP contribution in [0.15, 0.2) is 206 Å². The molecule has 0 saturated heterocycles. The third kappa shape index (κ3) is 5.03. The first kappa shape index (κ1) is 32.1. The molecule has 12 aromatic rings. The summed E-state index contributed by atoms with van der Waals surface area (Å²) in [5, 5.41) is 7.69. The third-order valence-electron chi connectivity index (χ3n) is 11.7. The van der Waals surface area contributed by atoms with Gasteiger partial charge in [0.25, 0.3) is 0 Å². The van der Waals surface area contributed by atoms with Crippen molar-refractivity contribution in [2.24, 2.45) is 0 Å². The van der Waals surface area contributed by atoms with Crippen LogP contribution in [0.25, 0.3) is 109 Å². The van der Waals surface area contributed by atoms with Crippen molar-refractivity contribution in [3.05, 3.63) is 206 Å². The predicted octanol–water partition coefficient (Wildman–Crippen LogP) is 15.2. The Labute approximate surface area is 333 Å². The number of aromatic nitrogens is 2. The van der Waals surface area contributed by atoms with Gasteiger partial charge in [0.1, 0.15) is 0 Å². The molecule has 0 N–H and O–H groups in total. The average Bonchev–Trinajstić information content (AvgIpc) is 3.94. The maximum Gasteiger partial charge on any atom is 0.0561 e. The zero-order valence-electron chi connectivity index (χ0n) is 30.9. The Morgan fingerprint density at radius 2 is 0.772 bits per heavy atom. The first-order valence-electron chi connectivity index (χ1n) is 19.5. The van der Waals surface area contributed by atoms with Crippen molar-refractivity contribution in [1.82, 2.24) is 9.13 Å². The lowest BCUT2D eigenvalue weighted by molar-refractivity contribution is 1.15. The summed E-state index contributed by atoms with van der Waals surface area (Å²) in [5.41, 5.74) is 14.4. The van der Waals surface area contributed by atoms with E-state index in [4.69, 9.17) is 0 Å². The minimum Gasteiger partial charge on any atom is -0.309 e. The molecule has 0 atom stereocenters. The number of thiophene rings is 1. The van der Waals surface area contributed by atoms with Crippen LogP contribution in [-0.4, -0.2) is 9.13 Å². The zero-order valence-corrected chi connectivity index (χ0v) is 31.7. The van der Waals surface area contributed by atoms with Gasteiger partial charge in [-0.05, 0) is 88.0 Å². The van der Waals surface area contributed by atoms with Crippen molar-refractivity contribution in [1.29, 1.82) is 0 Å². The fraction of sp³-hybridized carbons (Fsp3) is 0. The fourth-order valence-corrected chi connectivity index (χ4v) is 10.3. The molecule has 3 heteroatoms. The second kappa shape index (κ2) is 12.7. The van der Waals surface area contributed by atoms with Gasteiger partial charge in [0.2, 0.25) is 0 Å². The summed E-state index contributed by atoms with van der Waals surface area (Å²) in [7, 11) is 0. The van der Waals surface area contributed by atoms with Crippen LogP contribution in [0, 0.1) is 0 Å². The second-order valence-corrected chi connectivity index (χ2v) is 16.0. The summed E-state index contributed by atoms with van der Waals surface area (Å²) in [6.07, 6.45) is 0. The van der Waals surface area contributed by atoms with Crippen molar-refractivity contribution >= 4 is 75.1 Å². The molecule has 3 aromatic heterocycles. The molecule has 57 heavy (non-hydrogen) atoms. The lowest BCUT2D eigenvalue weighted by Crippen LogP contribution is -1.97. The highest BCUT2D eigenvalue weighted by molar-refractivity contribution is 7.26. The smallest absolute Gasteiger partial charge is 0.0561 e. The van der Waals surface area contributed by atoms with Gasteiger partial charge in [-0.25, -0.2) is 0 Å². The van der Waals surface area contributed by atoms with E-state index in [9.17, 15) is 0 Å². The summed E-state index contributed by atoms with van der Waals surface area (Å²) in [4.78, 5) is 0. The fourth-order valence-electron chi connectivity index (χ4n) is 9.10. The summed E-state index contributed by atoms with van der Waals surface area (Å²) in [5.74, 6) is 0. The van der Waals surface area contributed by atoms with Crippen molar-refractivity contribution < 1.29 is 0 Å². The molecule has 0 radical (unpaired) electrons. The largest absolute Gasteiger partial charge is 0.309 e. The first-order chi connectivity index (χ1) is 28.3. The molecule has 12 rings (SSSR count). The molecule has 0 aliphatic heterocycles. The Balaban J connectivity index is 0.943. The second-order valence-electron chi connectivity index (χ2n) is 14.9. The zero-order chi connectivity index (χ0) is 37.5. The van der Waals surface area contributed by atoms with E-state index in [1.54, 1.807) is 0 Å². The Morgan fingerprint density at radius 1 is 0.281 bits per heavy atom. The normalized spacial score (nSPS) is 11.9. The maximum atomic E-state index is 2.44. The van der Waals surface area contributed by atoms with E-state index >= 15 is 0 Å². The number of hydrogen-bond acceptors (Lipinski definition) is 1. The van der Waals surface area contributed by atoms with Crippen molar-refractivity contribution in [3.63, 3.8) is 0 Å². The van der Waals surface area contributed by atoms with Crippen LogP contribution < -0.4 is 0 Å². The standard InChI is InChI=1S/C54H34N2S/c1-5-22-49-43(16-1)44-17-2-6-23-50(44)55(49)41-30-31-46-45-18-3-7-24-51(45)56(52(46)34-41)40-15-10-14-39(33-40)38-13-9-12-37(32-38)35-26-28-36(29-27-35)42-20-11-21-48-47-19-4-8-25-53(47)57-54(42)48/h1-34H. The maximum absolute atomic E-state index is 2.44. The highest BCUT2D eigenvalue weighted by Gasteiger charge is 2.17. The Bertz CT molecular complexity index is 3470. The molecular formula is C54H34N2S. The van der Waals surface area contributed by atoms with Crippen LogP contribution in [-0.2, 0) is 0 Å². The van der Waals surface area contributed by atoms with Gasteiger partial charge in [-0.15, -0.1) is 11.3 Å². The molecule has 0 fully saturated rings. The Kier molecular flexibility index (Phi) is 7.13. The van der Waals surface area contributed by atoms with Gasteiger partial charge in [0, 0.05) is 53.1 Å². The molecule has 266 valence electrons. The monoisotopic (exact) mass is 742 g/mol. The van der Waals surface area contributed by atoms with E-state index in [0.717, 1.165) is 11.4 Å². The van der Waals surface area contributed by atoms with Gasteiger partial charge < -0.3 is 9.13 Å². The van der Waals surface area contributed by atoms with E-state index in [-0.39, 0.29) is 0 Å². The van der Waals surface area contributed by atoms with Crippen molar-refractivity contribution in [2.75, 3.05) is 0 Å². The van der Waals surface area contributed by atoms with E-state index in [0.29, 0.717) is 0 Å². The summed E-state index contributed by atoms with van der Waals surface area (Å²) in [6, 6.07) is 75.6. The van der Waals surface area contributed by atoms with Crippen molar-refractivity contribution in [3.8, 4) is 44.8 Å². The van der Waals surface area contributed by atoms with Gasteiger partial charge in [-0.3, -0.25) is 0 Å². The van der Waals surface area contributed by atoms with Crippen LogP contribution in [0.2, 0.25) is 0 Å². The minimum atomic E-state index is 1.14. The molecule has 0 amide bonds. The molecule has 2 nitrogen and oxygen atoms in total. The lowest BCUT2D eigenvalue weighted by atomic mass is 9.96. The van der Waals surface area contributed by atoms with E-state index in [1.165, 1.54) is 97.2 Å². The molecular weight excluding hydrogens is 709 g/mol. The molecule has 0 aliphatic carbocycles. The number of fused-ring (bicyclic) bond motifs is 9. The number of hydrogen-bond donors (Lipinski definition) is 0. The van der Waals surface area contributed by atoms with E-state index < -0.39 is 0 Å². The highest BCUT2D eigenvalue weighted by atomic mass is 32.1. The van der Waals surface area contributed by atoms with Crippen LogP contribution in [0.5, 0.6) is 0 Å². The van der Waals surface area contributed by atoms with Crippen molar-refractivity contribution in [2.45, 2.75) is 0 Å². The van der Waals surface area contributed by atoms with E-state index in [1.807, 2.05) is 11.3 Å². The lowest BCUT2D eigenvalue weighted by Gasteiger charge is -2.13. The average molecular weight is 743 g/mol. The number of rotatable bonds is 5. The summed E-state index contributed by atoms with van der Waals surface area (Å²) >= 11 is 1.88. The summed E-state index contributed by atoms with van der Waals surface area (Å²) in [6.45, 7) is 0. The number of benzene rings is 9. The topological polar surface area (TPSA) is 9.86 Å². The minimum absolute atomic E-state index is 1.14. The van der Waals surface area contributed by atoms with Gasteiger partial charge in [0.15, 0.2) is 0 Å². The molecule has 0 bridgehead atoms. The molecule has 3 heterocycles. The van der Waals surface area contributed by atoms with Crippen LogP contribution in [0.3, 0.4) is 0 Å². The van der Waals surface area contributed by atoms with Gasteiger partial charge in [-0.1, -0.05) is 152 Å². The van der Waals surface area contributed by atoms with Crippen LogP contribution >= 0.6 is 11.3 Å². The van der Waals surface area contributed by atoms with Crippen LogP contribution in [0.4, 0.5) is 0 Å². The van der Waals surface area contributed by atoms with Gasteiger partial charge >= 0.3 is 0 Å². The first-order valence-corrected chi connectivity index (χ1v) is 20.3. The Hall–Kier alpha value is -7.20. The predicted molar refractivity (Wildman–Crippen MR) is 244 cm³/mol. The number of nitrogens with zero attached hydrogens (tertiary/aromatic N) is 2. The SMILES string of the molecule is c1cc(-c2ccc(-c3cccc4c3sc3ccccc34)cc2)cc(-c2cccc(-n3c4ccccc4c4ccc(-n5c6ccccc6c6ccccc65)cc43)c2)c1. The quantitative estimate of drug-likeness (QED) is 0.166. The highest BCUT2D eigenvalue weighted by Crippen LogP contribution is 2.41. The summed E-state index contributed by atoms with van der Waals surface area (Å²) < 4.78 is 7.52. The van der Waals surface area contributed by atoms with Crippen LogP contribution in [0.1, 0.15) is 0 Å².